The fraction of sp³-hybridized carbons (Fsp3) is 0.316. The van der Waals surface area contributed by atoms with Crippen molar-refractivity contribution < 1.29 is 4.79 Å². The molecule has 1 saturated heterocycles. The largest absolute Gasteiger partial charge is 0.376 e. The molecule has 2 aromatic heterocycles. The summed E-state index contributed by atoms with van der Waals surface area (Å²) in [5, 5.41) is 5.15. The van der Waals surface area contributed by atoms with Crippen LogP contribution in [0.4, 0.5) is 11.5 Å². The van der Waals surface area contributed by atoms with Gasteiger partial charge in [-0.2, -0.15) is 0 Å². The van der Waals surface area contributed by atoms with Gasteiger partial charge in [-0.05, 0) is 30.7 Å². The molecule has 1 atom stereocenters. The number of hydrogen-bond acceptors (Lipinski definition) is 5. The summed E-state index contributed by atoms with van der Waals surface area (Å²) in [5.41, 5.74) is 1.54. The number of aromatic nitrogens is 3. The molecule has 1 aliphatic heterocycles. The summed E-state index contributed by atoms with van der Waals surface area (Å²) in [6.45, 7) is 1.57. The second-order valence-corrected chi connectivity index (χ2v) is 7.71. The van der Waals surface area contributed by atoms with E-state index in [1.54, 1.807) is 24.5 Å². The van der Waals surface area contributed by atoms with E-state index < -0.39 is 0 Å². The predicted molar refractivity (Wildman–Crippen MR) is 112 cm³/mol. The molecular weight excluding hydrogens is 399 g/mol. The summed E-state index contributed by atoms with van der Waals surface area (Å²) < 4.78 is 0. The van der Waals surface area contributed by atoms with Gasteiger partial charge in [-0.15, -0.1) is 0 Å². The van der Waals surface area contributed by atoms with E-state index in [2.05, 4.69) is 25.2 Å². The van der Waals surface area contributed by atoms with Crippen molar-refractivity contribution in [2.24, 2.45) is 0 Å². The molecule has 146 valence electrons. The number of likely N-dealkylation sites (tertiary alicyclic amines) is 1. The van der Waals surface area contributed by atoms with E-state index in [-0.39, 0.29) is 18.5 Å². The van der Waals surface area contributed by atoms with Crippen molar-refractivity contribution in [2.75, 3.05) is 36.9 Å². The summed E-state index contributed by atoms with van der Waals surface area (Å²) in [6, 6.07) is 7.33. The van der Waals surface area contributed by atoms with Crippen LogP contribution in [0.2, 0.25) is 10.0 Å². The molecule has 7 nitrogen and oxygen atoms in total. The smallest absolute Gasteiger partial charge is 0.241 e. The molecular formula is C19H20Cl2N6O. The van der Waals surface area contributed by atoms with Crippen molar-refractivity contribution in [1.82, 2.24) is 19.9 Å². The highest BCUT2D eigenvalue weighted by Gasteiger charge is 2.30. The van der Waals surface area contributed by atoms with Crippen LogP contribution in [0.1, 0.15) is 6.42 Å². The first-order valence-electron chi connectivity index (χ1n) is 9.00. The van der Waals surface area contributed by atoms with Crippen LogP contribution in [0, 0.1) is 0 Å². The second kappa shape index (κ2) is 7.85. The number of anilines is 2. The maximum Gasteiger partial charge on any atom is 0.241 e. The molecule has 1 aliphatic rings. The average Bonchev–Trinajstić information content (AvgIpc) is 3.34. The number of hydrogen-bond donors (Lipinski definition) is 2. The van der Waals surface area contributed by atoms with Crippen molar-refractivity contribution >= 4 is 51.6 Å². The minimum atomic E-state index is 0.0430. The minimum absolute atomic E-state index is 0.0430. The maximum atomic E-state index is 12.6. The normalized spacial score (nSPS) is 16.5. The van der Waals surface area contributed by atoms with Crippen molar-refractivity contribution in [3.05, 3.63) is 46.8 Å². The molecule has 1 fully saturated rings. The van der Waals surface area contributed by atoms with Crippen molar-refractivity contribution in [1.29, 1.82) is 0 Å². The first-order chi connectivity index (χ1) is 13.5. The molecule has 9 heteroatoms. The van der Waals surface area contributed by atoms with E-state index in [0.29, 0.717) is 23.1 Å². The number of halogens is 2. The van der Waals surface area contributed by atoms with Gasteiger partial charge in [0.2, 0.25) is 5.91 Å². The molecule has 3 heterocycles. The van der Waals surface area contributed by atoms with Crippen LogP contribution in [0.25, 0.3) is 11.0 Å². The average molecular weight is 419 g/mol. The Morgan fingerprint density at radius 3 is 2.89 bits per heavy atom. The van der Waals surface area contributed by atoms with Crippen LogP contribution in [0.15, 0.2) is 36.8 Å². The lowest BCUT2D eigenvalue weighted by molar-refractivity contribution is -0.128. The summed E-state index contributed by atoms with van der Waals surface area (Å²) in [4.78, 5) is 28.4. The SMILES string of the molecule is CN(c1ncnc2[nH]ccc12)[C@@H]1CCN(C(=O)CNc2cc(Cl)cc(Cl)c2)C1. The van der Waals surface area contributed by atoms with Gasteiger partial charge in [-0.1, -0.05) is 23.2 Å². The highest BCUT2D eigenvalue weighted by Crippen LogP contribution is 2.26. The molecule has 0 radical (unpaired) electrons. The van der Waals surface area contributed by atoms with Gasteiger partial charge < -0.3 is 20.1 Å². The van der Waals surface area contributed by atoms with Gasteiger partial charge in [0, 0.05) is 48.1 Å². The van der Waals surface area contributed by atoms with Gasteiger partial charge >= 0.3 is 0 Å². The third-order valence-electron chi connectivity index (χ3n) is 5.04. The van der Waals surface area contributed by atoms with Crippen molar-refractivity contribution in [2.45, 2.75) is 12.5 Å². The molecule has 4 rings (SSSR count). The zero-order chi connectivity index (χ0) is 19.7. The lowest BCUT2D eigenvalue weighted by Crippen LogP contribution is -2.39. The molecule has 1 aromatic carbocycles. The first-order valence-corrected chi connectivity index (χ1v) is 9.75. The highest BCUT2D eigenvalue weighted by molar-refractivity contribution is 6.35. The van der Waals surface area contributed by atoms with Crippen LogP contribution in [0.5, 0.6) is 0 Å². The number of fused-ring (bicyclic) bond motifs is 1. The number of rotatable bonds is 5. The van der Waals surface area contributed by atoms with E-state index >= 15 is 0 Å². The Labute approximate surface area is 172 Å². The standard InChI is InChI=1S/C19H20Cl2N6O/c1-26(19-16-2-4-22-18(16)24-11-25-19)15-3-5-27(10-15)17(28)9-23-14-7-12(20)6-13(21)8-14/h2,4,6-8,11,15,23H,3,5,9-10H2,1H3,(H,22,24,25)/t15-/m1/s1. The fourth-order valence-electron chi connectivity index (χ4n) is 3.54. The van der Waals surface area contributed by atoms with E-state index in [1.165, 1.54) is 0 Å². The van der Waals surface area contributed by atoms with Gasteiger partial charge in [0.1, 0.15) is 17.8 Å². The first kappa shape index (κ1) is 18.8. The highest BCUT2D eigenvalue weighted by atomic mass is 35.5. The third kappa shape index (κ3) is 3.86. The third-order valence-corrected chi connectivity index (χ3v) is 5.47. The number of likely N-dealkylation sites (N-methyl/N-ethyl adjacent to an activating group) is 1. The number of aromatic amines is 1. The quantitative estimate of drug-likeness (QED) is 0.663. The van der Waals surface area contributed by atoms with E-state index in [1.807, 2.05) is 24.2 Å². The number of H-pyrrole nitrogens is 1. The summed E-state index contributed by atoms with van der Waals surface area (Å²) >= 11 is 12.0. The Morgan fingerprint density at radius 1 is 1.32 bits per heavy atom. The minimum Gasteiger partial charge on any atom is -0.376 e. The molecule has 2 N–H and O–H groups in total. The van der Waals surface area contributed by atoms with E-state index in [0.717, 1.165) is 29.0 Å². The maximum absolute atomic E-state index is 12.6. The summed E-state index contributed by atoms with van der Waals surface area (Å²) in [7, 11) is 2.01. The van der Waals surface area contributed by atoms with Crippen LogP contribution in [-0.4, -0.2) is 58.5 Å². The van der Waals surface area contributed by atoms with Gasteiger partial charge in [0.15, 0.2) is 0 Å². The zero-order valence-corrected chi connectivity index (χ0v) is 16.8. The Bertz CT molecular complexity index is 987. The number of carbonyl (C=O) groups excluding carboxylic acids is 1. The second-order valence-electron chi connectivity index (χ2n) is 6.84. The molecule has 0 saturated carbocycles. The molecule has 3 aromatic rings. The molecule has 28 heavy (non-hydrogen) atoms. The van der Waals surface area contributed by atoms with Gasteiger partial charge in [-0.25, -0.2) is 9.97 Å². The number of carbonyl (C=O) groups is 1. The summed E-state index contributed by atoms with van der Waals surface area (Å²) in [5.74, 6) is 0.915. The molecule has 0 unspecified atom stereocenters. The number of nitrogens with one attached hydrogen (secondary N) is 2. The Hall–Kier alpha value is -2.51. The monoisotopic (exact) mass is 418 g/mol. The van der Waals surface area contributed by atoms with E-state index in [4.69, 9.17) is 23.2 Å². The lowest BCUT2D eigenvalue weighted by Gasteiger charge is -2.26. The number of nitrogens with zero attached hydrogens (tertiary/aromatic N) is 4. The van der Waals surface area contributed by atoms with E-state index in [9.17, 15) is 4.79 Å². The van der Waals surface area contributed by atoms with Crippen molar-refractivity contribution in [3.63, 3.8) is 0 Å². The predicted octanol–water partition coefficient (Wildman–Crippen LogP) is 3.41. The summed E-state index contributed by atoms with van der Waals surface area (Å²) in [6.07, 6.45) is 4.30. The van der Waals surface area contributed by atoms with Crippen LogP contribution < -0.4 is 10.2 Å². The molecule has 0 spiro atoms. The van der Waals surface area contributed by atoms with Crippen LogP contribution >= 0.6 is 23.2 Å². The number of benzene rings is 1. The molecule has 1 amide bonds. The Balaban J connectivity index is 1.38. The Kier molecular flexibility index (Phi) is 5.28. The lowest BCUT2D eigenvalue weighted by atomic mass is 10.2. The molecule has 0 aliphatic carbocycles. The van der Waals surface area contributed by atoms with Crippen LogP contribution in [0.3, 0.4) is 0 Å². The van der Waals surface area contributed by atoms with Crippen molar-refractivity contribution in [3.8, 4) is 0 Å². The Morgan fingerprint density at radius 2 is 2.11 bits per heavy atom. The topological polar surface area (TPSA) is 77.2 Å². The van der Waals surface area contributed by atoms with Gasteiger partial charge in [0.25, 0.3) is 0 Å². The molecule has 0 bridgehead atoms. The van der Waals surface area contributed by atoms with Crippen LogP contribution in [-0.2, 0) is 4.79 Å². The van der Waals surface area contributed by atoms with Gasteiger partial charge in [0.05, 0.1) is 11.9 Å². The number of amides is 1. The van der Waals surface area contributed by atoms with Gasteiger partial charge in [-0.3, -0.25) is 4.79 Å². The fourth-order valence-corrected chi connectivity index (χ4v) is 4.07. The zero-order valence-electron chi connectivity index (χ0n) is 15.3.